The first-order valence-corrected chi connectivity index (χ1v) is 7.76. The average molecular weight is 294 g/mol. The number of nitrogens with zero attached hydrogens (tertiary/aromatic N) is 1. The molecule has 1 aliphatic heterocycles. The molecule has 1 fully saturated rings. The van der Waals surface area contributed by atoms with Crippen molar-refractivity contribution in [1.82, 2.24) is 10.2 Å². The molecule has 1 saturated heterocycles. The Labute approximate surface area is 127 Å². The highest BCUT2D eigenvalue weighted by atomic mass is 19.1. The Balaban J connectivity index is 2.29. The highest BCUT2D eigenvalue weighted by Gasteiger charge is 2.37. The van der Waals surface area contributed by atoms with E-state index in [4.69, 9.17) is 4.74 Å². The molecule has 4 heteroatoms. The van der Waals surface area contributed by atoms with Gasteiger partial charge in [-0.2, -0.15) is 0 Å². The molecule has 3 nitrogen and oxygen atoms in total. The smallest absolute Gasteiger partial charge is 0.131 e. The molecule has 1 atom stereocenters. The molecule has 0 amide bonds. The third-order valence-electron chi connectivity index (χ3n) is 4.68. The molecule has 1 aliphatic rings. The van der Waals surface area contributed by atoms with Gasteiger partial charge < -0.3 is 10.1 Å². The normalized spacial score (nSPS) is 18.5. The van der Waals surface area contributed by atoms with Gasteiger partial charge in [0, 0.05) is 17.2 Å². The number of piperidine rings is 1. The lowest BCUT2D eigenvalue weighted by atomic mass is 9.85. The van der Waals surface area contributed by atoms with Crippen molar-refractivity contribution in [2.45, 2.75) is 44.7 Å². The predicted octanol–water partition coefficient (Wildman–Crippen LogP) is 3.36. The van der Waals surface area contributed by atoms with Gasteiger partial charge in [0.2, 0.25) is 0 Å². The van der Waals surface area contributed by atoms with Crippen LogP contribution in [0.2, 0.25) is 0 Å². The minimum absolute atomic E-state index is 0.0542. The number of rotatable bonds is 5. The standard InChI is InChI=1S/C17H27FN2O/c1-17(2,20-10-6-5-7-11-20)16(19-3)14-9-8-13(21-4)12-15(14)18/h8-9,12,16,19H,5-7,10-11H2,1-4H3. The molecule has 1 heterocycles. The molecule has 1 unspecified atom stereocenters. The van der Waals surface area contributed by atoms with E-state index in [1.807, 2.05) is 19.2 Å². The van der Waals surface area contributed by atoms with Crippen LogP contribution < -0.4 is 10.1 Å². The van der Waals surface area contributed by atoms with Crippen molar-refractivity contribution < 1.29 is 9.13 Å². The average Bonchev–Trinajstić information content (AvgIpc) is 2.50. The van der Waals surface area contributed by atoms with E-state index in [1.165, 1.54) is 25.3 Å². The topological polar surface area (TPSA) is 24.5 Å². The summed E-state index contributed by atoms with van der Waals surface area (Å²) in [6.07, 6.45) is 3.75. The van der Waals surface area contributed by atoms with Gasteiger partial charge in [0.05, 0.1) is 13.2 Å². The van der Waals surface area contributed by atoms with E-state index in [2.05, 4.69) is 24.1 Å². The van der Waals surface area contributed by atoms with Gasteiger partial charge in [-0.1, -0.05) is 12.5 Å². The maximum absolute atomic E-state index is 14.4. The zero-order valence-corrected chi connectivity index (χ0v) is 13.6. The molecule has 1 N–H and O–H groups in total. The van der Waals surface area contributed by atoms with Crippen LogP contribution in [0.25, 0.3) is 0 Å². The third-order valence-corrected chi connectivity index (χ3v) is 4.68. The van der Waals surface area contributed by atoms with Crippen LogP contribution in [0.5, 0.6) is 5.75 Å². The Morgan fingerprint density at radius 1 is 1.24 bits per heavy atom. The Hall–Kier alpha value is -1.13. The van der Waals surface area contributed by atoms with E-state index in [9.17, 15) is 4.39 Å². The van der Waals surface area contributed by atoms with E-state index in [0.29, 0.717) is 11.3 Å². The van der Waals surface area contributed by atoms with Crippen molar-refractivity contribution in [1.29, 1.82) is 0 Å². The van der Waals surface area contributed by atoms with Crippen molar-refractivity contribution >= 4 is 0 Å². The second-order valence-corrected chi connectivity index (χ2v) is 6.31. The van der Waals surface area contributed by atoms with Crippen molar-refractivity contribution in [3.8, 4) is 5.75 Å². The molecule has 1 aromatic rings. The van der Waals surface area contributed by atoms with Gasteiger partial charge in [0.1, 0.15) is 11.6 Å². The Kier molecular flexibility index (Phi) is 5.22. The molecule has 21 heavy (non-hydrogen) atoms. The lowest BCUT2D eigenvalue weighted by Crippen LogP contribution is -2.54. The summed E-state index contributed by atoms with van der Waals surface area (Å²) in [5.41, 5.74) is 0.568. The van der Waals surface area contributed by atoms with Crippen LogP contribution in [-0.4, -0.2) is 37.7 Å². The first kappa shape index (κ1) is 16.2. The molecular weight excluding hydrogens is 267 g/mol. The van der Waals surface area contributed by atoms with E-state index in [0.717, 1.165) is 13.1 Å². The lowest BCUT2D eigenvalue weighted by Gasteiger charge is -2.46. The number of benzene rings is 1. The first-order chi connectivity index (χ1) is 10.0. The van der Waals surface area contributed by atoms with Crippen molar-refractivity contribution in [2.75, 3.05) is 27.2 Å². The van der Waals surface area contributed by atoms with Crippen LogP contribution in [0.3, 0.4) is 0 Å². The molecule has 2 rings (SSSR count). The highest BCUT2D eigenvalue weighted by Crippen LogP contribution is 2.35. The summed E-state index contributed by atoms with van der Waals surface area (Å²) in [4.78, 5) is 2.47. The van der Waals surface area contributed by atoms with Crippen LogP contribution in [0, 0.1) is 5.82 Å². The minimum atomic E-state index is -0.209. The largest absolute Gasteiger partial charge is 0.497 e. The Bertz CT molecular complexity index is 470. The quantitative estimate of drug-likeness (QED) is 0.901. The van der Waals surface area contributed by atoms with Crippen LogP contribution in [-0.2, 0) is 0 Å². The molecule has 0 spiro atoms. The molecule has 118 valence electrons. The molecule has 0 bridgehead atoms. The van der Waals surface area contributed by atoms with Crippen LogP contribution in [0.15, 0.2) is 18.2 Å². The molecular formula is C17H27FN2O. The Morgan fingerprint density at radius 2 is 1.90 bits per heavy atom. The molecule has 0 saturated carbocycles. The Morgan fingerprint density at radius 3 is 2.43 bits per heavy atom. The summed E-state index contributed by atoms with van der Waals surface area (Å²) >= 11 is 0. The molecule has 0 aromatic heterocycles. The second kappa shape index (κ2) is 6.75. The van der Waals surface area contributed by atoms with Gasteiger partial charge in [-0.05, 0) is 52.9 Å². The number of ether oxygens (including phenoxy) is 1. The lowest BCUT2D eigenvalue weighted by molar-refractivity contribution is 0.0621. The SMILES string of the molecule is CNC(c1ccc(OC)cc1F)C(C)(C)N1CCCCC1. The van der Waals surface area contributed by atoms with Crippen molar-refractivity contribution in [3.05, 3.63) is 29.6 Å². The minimum Gasteiger partial charge on any atom is -0.497 e. The van der Waals surface area contributed by atoms with Gasteiger partial charge >= 0.3 is 0 Å². The van der Waals surface area contributed by atoms with Crippen LogP contribution in [0.1, 0.15) is 44.7 Å². The molecule has 1 aromatic carbocycles. The summed E-state index contributed by atoms with van der Waals surface area (Å²) in [5, 5.41) is 3.31. The first-order valence-electron chi connectivity index (χ1n) is 7.76. The summed E-state index contributed by atoms with van der Waals surface area (Å²) in [6, 6.07) is 5.07. The maximum Gasteiger partial charge on any atom is 0.131 e. The molecule has 0 radical (unpaired) electrons. The number of halogens is 1. The third kappa shape index (κ3) is 3.38. The van der Waals surface area contributed by atoms with Gasteiger partial charge in [0.15, 0.2) is 0 Å². The fourth-order valence-corrected chi connectivity index (χ4v) is 3.41. The number of likely N-dealkylation sites (N-methyl/N-ethyl adjacent to an activating group) is 1. The van der Waals surface area contributed by atoms with Crippen LogP contribution >= 0.6 is 0 Å². The van der Waals surface area contributed by atoms with E-state index < -0.39 is 0 Å². The monoisotopic (exact) mass is 294 g/mol. The summed E-state index contributed by atoms with van der Waals surface area (Å²) < 4.78 is 19.5. The molecule has 0 aliphatic carbocycles. The number of likely N-dealkylation sites (tertiary alicyclic amines) is 1. The van der Waals surface area contributed by atoms with Crippen LogP contribution in [0.4, 0.5) is 4.39 Å². The van der Waals surface area contributed by atoms with Gasteiger partial charge in [-0.25, -0.2) is 4.39 Å². The maximum atomic E-state index is 14.4. The highest BCUT2D eigenvalue weighted by molar-refractivity contribution is 5.32. The summed E-state index contributed by atoms with van der Waals surface area (Å²) in [6.45, 7) is 6.57. The second-order valence-electron chi connectivity index (χ2n) is 6.31. The zero-order valence-electron chi connectivity index (χ0n) is 13.6. The van der Waals surface area contributed by atoms with E-state index >= 15 is 0 Å². The van der Waals surface area contributed by atoms with Crippen molar-refractivity contribution in [3.63, 3.8) is 0 Å². The number of methoxy groups -OCH3 is 1. The van der Waals surface area contributed by atoms with Gasteiger partial charge in [-0.15, -0.1) is 0 Å². The number of nitrogens with one attached hydrogen (secondary N) is 1. The fourth-order valence-electron chi connectivity index (χ4n) is 3.41. The number of hydrogen-bond acceptors (Lipinski definition) is 3. The fraction of sp³-hybridized carbons (Fsp3) is 0.647. The summed E-state index contributed by atoms with van der Waals surface area (Å²) in [7, 11) is 3.46. The predicted molar refractivity (Wildman–Crippen MR) is 84.3 cm³/mol. The van der Waals surface area contributed by atoms with Crippen molar-refractivity contribution in [2.24, 2.45) is 0 Å². The number of hydrogen-bond donors (Lipinski definition) is 1. The zero-order chi connectivity index (χ0) is 15.5. The summed E-state index contributed by atoms with van der Waals surface area (Å²) in [5.74, 6) is 0.348. The van der Waals surface area contributed by atoms with Gasteiger partial charge in [0.25, 0.3) is 0 Å². The van der Waals surface area contributed by atoms with E-state index in [1.54, 1.807) is 7.11 Å². The van der Waals surface area contributed by atoms with Gasteiger partial charge in [-0.3, -0.25) is 4.90 Å². The van der Waals surface area contributed by atoms with E-state index in [-0.39, 0.29) is 17.4 Å².